The second-order valence-electron chi connectivity index (χ2n) is 5.78. The summed E-state index contributed by atoms with van der Waals surface area (Å²) in [7, 11) is -3.64. The number of hydrogen-bond donors (Lipinski definition) is 0. The van der Waals surface area contributed by atoms with Crippen molar-refractivity contribution in [3.05, 3.63) is 63.1 Å². The van der Waals surface area contributed by atoms with Gasteiger partial charge in [-0.05, 0) is 36.4 Å². The van der Waals surface area contributed by atoms with Gasteiger partial charge in [-0.25, -0.2) is 8.42 Å². The molecule has 2 aromatic rings. The number of sulfonamides is 1. The van der Waals surface area contributed by atoms with Crippen molar-refractivity contribution in [2.24, 2.45) is 0 Å². The highest BCUT2D eigenvalue weighted by Gasteiger charge is 2.30. The highest BCUT2D eigenvalue weighted by molar-refractivity contribution is 7.89. The van der Waals surface area contributed by atoms with E-state index in [9.17, 15) is 13.2 Å². The van der Waals surface area contributed by atoms with Crippen molar-refractivity contribution in [1.29, 1.82) is 0 Å². The Bertz CT molecular complexity index is 942. The summed E-state index contributed by atoms with van der Waals surface area (Å²) in [5.74, 6) is -0.205. The zero-order chi connectivity index (χ0) is 18.9. The van der Waals surface area contributed by atoms with Crippen LogP contribution in [0, 0.1) is 0 Å². The number of halogens is 3. The zero-order valence-corrected chi connectivity index (χ0v) is 16.6. The second-order valence-corrected chi connectivity index (χ2v) is 8.97. The maximum absolute atomic E-state index is 12.7. The molecule has 1 heterocycles. The minimum absolute atomic E-state index is 0.147. The average molecular weight is 434 g/mol. The van der Waals surface area contributed by atoms with Crippen molar-refractivity contribution in [2.45, 2.75) is 4.90 Å². The molecule has 1 aliphatic rings. The van der Waals surface area contributed by atoms with Crippen LogP contribution in [0.25, 0.3) is 0 Å². The van der Waals surface area contributed by atoms with E-state index in [4.69, 9.17) is 34.8 Å². The number of piperazine rings is 1. The lowest BCUT2D eigenvalue weighted by Crippen LogP contribution is -2.50. The second kappa shape index (κ2) is 7.74. The first kappa shape index (κ1) is 19.5. The summed E-state index contributed by atoms with van der Waals surface area (Å²) in [6.07, 6.45) is 0. The average Bonchev–Trinajstić information content (AvgIpc) is 2.63. The van der Waals surface area contributed by atoms with Crippen LogP contribution in [-0.4, -0.2) is 49.7 Å². The molecule has 0 unspecified atom stereocenters. The van der Waals surface area contributed by atoms with E-state index >= 15 is 0 Å². The first-order valence-corrected chi connectivity index (χ1v) is 10.4. The fourth-order valence-electron chi connectivity index (χ4n) is 2.72. The minimum Gasteiger partial charge on any atom is -0.336 e. The Hall–Kier alpha value is -1.31. The van der Waals surface area contributed by atoms with Gasteiger partial charge >= 0.3 is 0 Å². The third-order valence-corrected chi connectivity index (χ3v) is 7.00. The van der Waals surface area contributed by atoms with Gasteiger partial charge in [0.2, 0.25) is 10.0 Å². The van der Waals surface area contributed by atoms with Crippen LogP contribution in [0.2, 0.25) is 15.1 Å². The minimum atomic E-state index is -3.64. The molecule has 0 bridgehead atoms. The number of carbonyl (C=O) groups excluding carboxylic acids is 1. The summed E-state index contributed by atoms with van der Waals surface area (Å²) < 4.78 is 26.8. The molecule has 5 nitrogen and oxygen atoms in total. The fourth-order valence-corrected chi connectivity index (χ4v) is 4.74. The van der Waals surface area contributed by atoms with E-state index in [1.807, 2.05) is 0 Å². The van der Waals surface area contributed by atoms with Crippen molar-refractivity contribution in [1.82, 2.24) is 9.21 Å². The Kier molecular flexibility index (Phi) is 5.79. The third kappa shape index (κ3) is 4.00. The van der Waals surface area contributed by atoms with Gasteiger partial charge in [-0.15, -0.1) is 0 Å². The van der Waals surface area contributed by atoms with Gasteiger partial charge in [0.15, 0.2) is 0 Å². The topological polar surface area (TPSA) is 57.7 Å². The predicted octanol–water partition coefficient (Wildman–Crippen LogP) is 3.79. The van der Waals surface area contributed by atoms with Crippen molar-refractivity contribution in [3.8, 4) is 0 Å². The molecule has 0 spiro atoms. The van der Waals surface area contributed by atoms with Crippen molar-refractivity contribution < 1.29 is 13.2 Å². The molecule has 1 fully saturated rings. The number of carbonyl (C=O) groups is 1. The molecular formula is C17H15Cl3N2O3S. The summed E-state index contributed by atoms with van der Waals surface area (Å²) in [5.41, 5.74) is 0.422. The van der Waals surface area contributed by atoms with E-state index < -0.39 is 10.0 Å². The van der Waals surface area contributed by atoms with Crippen LogP contribution in [0.4, 0.5) is 0 Å². The van der Waals surface area contributed by atoms with E-state index in [0.29, 0.717) is 33.7 Å². The summed E-state index contributed by atoms with van der Waals surface area (Å²) in [5, 5.41) is 1.04. The predicted molar refractivity (Wildman–Crippen MR) is 103 cm³/mol. The number of hydrogen-bond acceptors (Lipinski definition) is 3. The first-order valence-electron chi connectivity index (χ1n) is 7.79. The van der Waals surface area contributed by atoms with Gasteiger partial charge in [-0.1, -0.05) is 40.9 Å². The molecule has 3 rings (SSSR count). The number of amides is 1. The van der Waals surface area contributed by atoms with E-state index in [1.165, 1.54) is 22.5 Å². The number of benzene rings is 2. The summed E-state index contributed by atoms with van der Waals surface area (Å²) in [6, 6.07) is 10.8. The first-order chi connectivity index (χ1) is 12.3. The molecule has 0 aliphatic carbocycles. The Morgan fingerprint density at radius 1 is 0.885 bits per heavy atom. The molecule has 26 heavy (non-hydrogen) atoms. The molecule has 0 N–H and O–H groups in total. The molecule has 0 atom stereocenters. The highest BCUT2D eigenvalue weighted by atomic mass is 35.5. The lowest BCUT2D eigenvalue weighted by molar-refractivity contribution is 0.0698. The summed E-state index contributed by atoms with van der Waals surface area (Å²) in [6.45, 7) is 1.00. The Balaban J connectivity index is 1.70. The van der Waals surface area contributed by atoms with Crippen LogP contribution in [0.1, 0.15) is 10.4 Å². The number of rotatable bonds is 3. The maximum atomic E-state index is 12.7. The third-order valence-electron chi connectivity index (χ3n) is 4.13. The van der Waals surface area contributed by atoms with Crippen LogP contribution < -0.4 is 0 Å². The normalized spacial score (nSPS) is 15.9. The zero-order valence-electron chi connectivity index (χ0n) is 13.5. The van der Waals surface area contributed by atoms with E-state index in [2.05, 4.69) is 0 Å². The SMILES string of the molecule is O=C(c1ccc(Cl)c(Cl)c1)N1CCN(S(=O)(=O)c2cccc(Cl)c2)CC1. The van der Waals surface area contributed by atoms with Crippen molar-refractivity contribution in [2.75, 3.05) is 26.2 Å². The van der Waals surface area contributed by atoms with Gasteiger partial charge in [-0.3, -0.25) is 4.79 Å². The Labute approximate surface area is 167 Å². The monoisotopic (exact) mass is 432 g/mol. The van der Waals surface area contributed by atoms with Crippen LogP contribution in [-0.2, 0) is 10.0 Å². The summed E-state index contributed by atoms with van der Waals surface area (Å²) >= 11 is 17.7. The molecule has 0 radical (unpaired) electrons. The maximum Gasteiger partial charge on any atom is 0.253 e. The van der Waals surface area contributed by atoms with Gasteiger partial charge in [-0.2, -0.15) is 4.31 Å². The van der Waals surface area contributed by atoms with E-state index in [1.54, 1.807) is 29.2 Å². The molecule has 9 heteroatoms. The van der Waals surface area contributed by atoms with Crippen LogP contribution in [0.15, 0.2) is 47.4 Å². The molecule has 0 aromatic heterocycles. The Morgan fingerprint density at radius 3 is 2.19 bits per heavy atom. The standard InChI is InChI=1S/C17H15Cl3N2O3S/c18-13-2-1-3-14(11-13)26(24,25)22-8-6-21(7-9-22)17(23)12-4-5-15(19)16(20)10-12/h1-5,10-11H,6-9H2. The van der Waals surface area contributed by atoms with E-state index in [-0.39, 0.29) is 23.9 Å². The van der Waals surface area contributed by atoms with Gasteiger partial charge in [0, 0.05) is 36.8 Å². The molecule has 0 saturated carbocycles. The van der Waals surface area contributed by atoms with Gasteiger partial charge < -0.3 is 4.90 Å². The molecule has 1 saturated heterocycles. The number of nitrogens with zero attached hydrogens (tertiary/aromatic N) is 2. The molecule has 1 aliphatic heterocycles. The Morgan fingerprint density at radius 2 is 1.58 bits per heavy atom. The van der Waals surface area contributed by atoms with Crippen LogP contribution in [0.5, 0.6) is 0 Å². The van der Waals surface area contributed by atoms with Gasteiger partial charge in [0.1, 0.15) is 0 Å². The molecule has 1 amide bonds. The smallest absolute Gasteiger partial charge is 0.253 e. The van der Waals surface area contributed by atoms with Crippen LogP contribution >= 0.6 is 34.8 Å². The van der Waals surface area contributed by atoms with Crippen LogP contribution in [0.3, 0.4) is 0 Å². The molecular weight excluding hydrogens is 419 g/mol. The quantitative estimate of drug-likeness (QED) is 0.740. The lowest BCUT2D eigenvalue weighted by atomic mass is 10.2. The van der Waals surface area contributed by atoms with Gasteiger partial charge in [0.25, 0.3) is 5.91 Å². The van der Waals surface area contributed by atoms with Gasteiger partial charge in [0.05, 0.1) is 14.9 Å². The van der Waals surface area contributed by atoms with Crippen molar-refractivity contribution >= 4 is 50.7 Å². The summed E-state index contributed by atoms with van der Waals surface area (Å²) in [4.78, 5) is 14.3. The largest absolute Gasteiger partial charge is 0.336 e. The molecule has 2 aromatic carbocycles. The highest BCUT2D eigenvalue weighted by Crippen LogP contribution is 2.24. The van der Waals surface area contributed by atoms with Crippen molar-refractivity contribution in [3.63, 3.8) is 0 Å². The molecule has 138 valence electrons. The van der Waals surface area contributed by atoms with E-state index in [0.717, 1.165) is 0 Å². The fraction of sp³-hybridized carbons (Fsp3) is 0.235. The lowest BCUT2D eigenvalue weighted by Gasteiger charge is -2.34.